The zero-order valence-electron chi connectivity index (χ0n) is 15.6. The van der Waals surface area contributed by atoms with Crippen LogP contribution in [0, 0.1) is 0 Å². The molecule has 1 heterocycles. The first-order valence-electron chi connectivity index (χ1n) is 9.94. The van der Waals surface area contributed by atoms with Crippen molar-refractivity contribution in [1.29, 1.82) is 0 Å². The predicted octanol–water partition coefficient (Wildman–Crippen LogP) is 6.69. The van der Waals surface area contributed by atoms with Crippen molar-refractivity contribution >= 4 is 18.4 Å². The van der Waals surface area contributed by atoms with Crippen LogP contribution in [-0.2, 0) is 8.35 Å². The van der Waals surface area contributed by atoms with E-state index in [9.17, 15) is 0 Å². The van der Waals surface area contributed by atoms with Crippen LogP contribution in [0.1, 0.15) is 71.3 Å². The van der Waals surface area contributed by atoms with Crippen molar-refractivity contribution in [3.8, 4) is 0 Å². The van der Waals surface area contributed by atoms with Crippen molar-refractivity contribution in [2.45, 2.75) is 82.6 Å². The molecular formula is C21H36OSn. The van der Waals surface area contributed by atoms with E-state index in [1.54, 1.807) is 0 Å². The maximum atomic E-state index is 6.55. The molecule has 0 bridgehead atoms. The quantitative estimate of drug-likeness (QED) is 0.361. The summed E-state index contributed by atoms with van der Waals surface area (Å²) < 4.78 is 11.3. The Balaban J connectivity index is 2.38. The summed E-state index contributed by atoms with van der Waals surface area (Å²) in [5, 5.41) is 0. The van der Waals surface area contributed by atoms with Gasteiger partial charge < -0.3 is 0 Å². The van der Waals surface area contributed by atoms with E-state index in [0.29, 0.717) is 0 Å². The Labute approximate surface area is 148 Å². The molecule has 0 saturated carbocycles. The van der Waals surface area contributed by atoms with Gasteiger partial charge in [0.1, 0.15) is 0 Å². The van der Waals surface area contributed by atoms with Gasteiger partial charge in [-0.05, 0) is 0 Å². The molecule has 1 unspecified atom stereocenters. The second-order valence-corrected chi connectivity index (χ2v) is 21.3. The minimum absolute atomic E-state index is 0.190. The van der Waals surface area contributed by atoms with E-state index in [4.69, 9.17) is 4.74 Å². The monoisotopic (exact) mass is 424 g/mol. The third kappa shape index (κ3) is 4.15. The summed E-state index contributed by atoms with van der Waals surface area (Å²) in [6.07, 6.45) is 9.56. The summed E-state index contributed by atoms with van der Waals surface area (Å²) in [4.78, 5) is 0. The average molecular weight is 423 g/mol. The molecule has 0 spiro atoms. The second-order valence-electron chi connectivity index (χ2n) is 7.38. The van der Waals surface area contributed by atoms with E-state index in [1.807, 2.05) is 0 Å². The fourth-order valence-corrected chi connectivity index (χ4v) is 24.1. The van der Waals surface area contributed by atoms with Gasteiger partial charge in [-0.1, -0.05) is 0 Å². The fraction of sp³-hybridized carbons (Fsp3) is 0.714. The maximum absolute atomic E-state index is 6.55. The van der Waals surface area contributed by atoms with E-state index in [-0.39, 0.29) is 3.62 Å². The molecule has 1 aliphatic rings. The van der Waals surface area contributed by atoms with Crippen molar-refractivity contribution in [1.82, 2.24) is 0 Å². The molecule has 1 aromatic rings. The van der Waals surface area contributed by atoms with Gasteiger partial charge >= 0.3 is 148 Å². The summed E-state index contributed by atoms with van der Waals surface area (Å²) in [6, 6.07) is 11.3. The molecule has 0 aliphatic carbocycles. The number of ether oxygens (including phenoxy) is 1. The molecule has 23 heavy (non-hydrogen) atoms. The van der Waals surface area contributed by atoms with Gasteiger partial charge in [0, 0.05) is 0 Å². The average Bonchev–Trinajstić information content (AvgIpc) is 2.55. The molecule has 1 fully saturated rings. The van der Waals surface area contributed by atoms with Crippen molar-refractivity contribution in [2.24, 2.45) is 0 Å². The van der Waals surface area contributed by atoms with Gasteiger partial charge in [-0.3, -0.25) is 0 Å². The third-order valence-corrected chi connectivity index (χ3v) is 24.0. The van der Waals surface area contributed by atoms with Gasteiger partial charge in [-0.25, -0.2) is 0 Å². The van der Waals surface area contributed by atoms with E-state index < -0.39 is 18.4 Å². The minimum atomic E-state index is -2.42. The van der Waals surface area contributed by atoms with Gasteiger partial charge in [-0.15, -0.1) is 0 Å². The molecule has 0 amide bonds. The van der Waals surface area contributed by atoms with Crippen LogP contribution >= 0.6 is 0 Å². The molecule has 130 valence electrons. The molecule has 1 atom stereocenters. The molecular weight excluding hydrogens is 387 g/mol. The SMILES string of the molecule is CCC[CH2][Sn]([CH2]CCC)([CH2]CCC)[C]1(c2ccccc2)CCO1. The predicted molar refractivity (Wildman–Crippen MR) is 104 cm³/mol. The Kier molecular flexibility index (Phi) is 7.94. The summed E-state index contributed by atoms with van der Waals surface area (Å²) in [5.74, 6) is 0. The summed E-state index contributed by atoms with van der Waals surface area (Å²) in [6.45, 7) is 8.05. The number of rotatable bonds is 11. The van der Waals surface area contributed by atoms with E-state index >= 15 is 0 Å². The Hall–Kier alpha value is -0.0213. The van der Waals surface area contributed by atoms with Crippen LogP contribution in [0.3, 0.4) is 0 Å². The van der Waals surface area contributed by atoms with Crippen LogP contribution in [0.5, 0.6) is 0 Å². The van der Waals surface area contributed by atoms with E-state index in [2.05, 4.69) is 51.1 Å². The van der Waals surface area contributed by atoms with Crippen LogP contribution in [0.2, 0.25) is 13.3 Å². The van der Waals surface area contributed by atoms with E-state index in [1.165, 1.54) is 63.8 Å². The first-order valence-corrected chi connectivity index (χ1v) is 17.4. The Morgan fingerprint density at radius 3 is 1.70 bits per heavy atom. The van der Waals surface area contributed by atoms with Crippen LogP contribution in [0.15, 0.2) is 30.3 Å². The fourth-order valence-electron chi connectivity index (χ4n) is 4.49. The van der Waals surface area contributed by atoms with Gasteiger partial charge in [-0.2, -0.15) is 0 Å². The molecule has 0 aromatic heterocycles. The second kappa shape index (κ2) is 9.46. The van der Waals surface area contributed by atoms with Crippen LogP contribution < -0.4 is 0 Å². The van der Waals surface area contributed by atoms with Crippen molar-refractivity contribution in [3.63, 3.8) is 0 Å². The number of unbranched alkanes of at least 4 members (excludes halogenated alkanes) is 3. The normalized spacial score (nSPS) is 21.2. The van der Waals surface area contributed by atoms with Crippen LogP contribution in [-0.4, -0.2) is 25.0 Å². The number of hydrogen-bond donors (Lipinski definition) is 0. The zero-order valence-corrected chi connectivity index (χ0v) is 18.4. The molecule has 2 rings (SSSR count). The topological polar surface area (TPSA) is 9.23 Å². The van der Waals surface area contributed by atoms with Crippen molar-refractivity contribution in [3.05, 3.63) is 35.9 Å². The Morgan fingerprint density at radius 1 is 0.870 bits per heavy atom. The molecule has 1 aromatic carbocycles. The summed E-state index contributed by atoms with van der Waals surface area (Å²) in [5.41, 5.74) is 1.52. The van der Waals surface area contributed by atoms with Crippen LogP contribution in [0.4, 0.5) is 0 Å². The zero-order chi connectivity index (χ0) is 16.6. The standard InChI is InChI=1S/C9H9O.3C4H9.Sn/c1-2-4-8(5-3-1)9-6-7-10-9;3*1-3-4-2;/h1-5H,6-7H2;3*1,3-4H2,2H3;. The molecule has 2 heteroatoms. The van der Waals surface area contributed by atoms with Gasteiger partial charge in [0.05, 0.1) is 0 Å². The molecule has 1 saturated heterocycles. The van der Waals surface area contributed by atoms with Gasteiger partial charge in [0.2, 0.25) is 0 Å². The van der Waals surface area contributed by atoms with Crippen molar-refractivity contribution in [2.75, 3.05) is 6.61 Å². The molecule has 1 nitrogen and oxygen atoms in total. The van der Waals surface area contributed by atoms with Gasteiger partial charge in [0.15, 0.2) is 0 Å². The summed E-state index contributed by atoms with van der Waals surface area (Å²) in [7, 11) is 0. The molecule has 0 radical (unpaired) electrons. The first kappa shape index (κ1) is 19.3. The van der Waals surface area contributed by atoms with Crippen LogP contribution in [0.25, 0.3) is 0 Å². The van der Waals surface area contributed by atoms with Crippen molar-refractivity contribution < 1.29 is 4.74 Å². The number of hydrogen-bond acceptors (Lipinski definition) is 1. The summed E-state index contributed by atoms with van der Waals surface area (Å²) >= 11 is -2.42. The molecule has 0 N–H and O–H groups in total. The number of benzene rings is 1. The molecule has 1 aliphatic heterocycles. The van der Waals surface area contributed by atoms with Gasteiger partial charge in [0.25, 0.3) is 0 Å². The van der Waals surface area contributed by atoms with E-state index in [0.717, 1.165) is 6.61 Å². The first-order chi connectivity index (χ1) is 11.2. The Morgan fingerprint density at radius 2 is 1.35 bits per heavy atom. The Bertz CT molecular complexity index is 417. The third-order valence-electron chi connectivity index (χ3n) is 5.93.